The van der Waals surface area contributed by atoms with Gasteiger partial charge in [0.2, 0.25) is 0 Å². The molecule has 0 aliphatic heterocycles. The highest BCUT2D eigenvalue weighted by atomic mass is 32.2. The Morgan fingerprint density at radius 3 is 2.44 bits per heavy atom. The maximum absolute atomic E-state index is 11.8. The van der Waals surface area contributed by atoms with Crippen LogP contribution in [0.1, 0.15) is 18.4 Å². The summed E-state index contributed by atoms with van der Waals surface area (Å²) in [7, 11) is -0.686. The van der Waals surface area contributed by atoms with Gasteiger partial charge in [-0.2, -0.15) is 0 Å². The van der Waals surface area contributed by atoms with Gasteiger partial charge in [0.15, 0.2) is 0 Å². The number of hydrogen-bond acceptors (Lipinski definition) is 4. The quantitative estimate of drug-likeness (QED) is 0.461. The van der Waals surface area contributed by atoms with Crippen LogP contribution in [0.15, 0.2) is 54.6 Å². The Hall–Kier alpha value is -1.37. The molecule has 2 N–H and O–H groups in total. The second-order valence-electron chi connectivity index (χ2n) is 6.28. The fourth-order valence-electron chi connectivity index (χ4n) is 2.39. The zero-order valence-electron chi connectivity index (χ0n) is 15.3. The smallest absolute Gasteiger partial charge is 0.338 e. The number of thioether (sulfide) groups is 1. The van der Waals surface area contributed by atoms with Crippen molar-refractivity contribution in [3.05, 3.63) is 60.2 Å². The van der Waals surface area contributed by atoms with Gasteiger partial charge in [0.25, 0.3) is 0 Å². The number of nitrogens with zero attached hydrogens (tertiary/aromatic N) is 1. The molecule has 0 aliphatic carbocycles. The van der Waals surface area contributed by atoms with Gasteiger partial charge >= 0.3 is 7.60 Å². The van der Waals surface area contributed by atoms with Crippen LogP contribution >= 0.6 is 31.6 Å². The second-order valence-corrected chi connectivity index (χ2v) is 10.3. The van der Waals surface area contributed by atoms with Gasteiger partial charge in [-0.05, 0) is 49.1 Å². The van der Waals surface area contributed by atoms with Crippen molar-refractivity contribution in [1.29, 1.82) is 0 Å². The first-order valence-corrected chi connectivity index (χ1v) is 11.5. The zero-order chi connectivity index (χ0) is 19.9. The van der Waals surface area contributed by atoms with Crippen molar-refractivity contribution in [2.24, 2.45) is 0 Å². The highest BCUT2D eigenvalue weighted by Gasteiger charge is 2.30. The molecule has 0 saturated carbocycles. The zero-order valence-corrected chi connectivity index (χ0v) is 17.8. The first kappa shape index (κ1) is 21.9. The summed E-state index contributed by atoms with van der Waals surface area (Å²) in [6.45, 7) is 0. The van der Waals surface area contributed by atoms with E-state index in [-0.39, 0.29) is 0 Å². The summed E-state index contributed by atoms with van der Waals surface area (Å²) >= 11 is 6.24. The summed E-state index contributed by atoms with van der Waals surface area (Å²) in [6, 6.07) is 17.3. The minimum Gasteiger partial charge on any atom is -0.457 e. The third-order valence-corrected chi connectivity index (χ3v) is 7.65. The Kier molecular flexibility index (Phi) is 8.32. The molecule has 2 rings (SSSR count). The molecular formula is C19H24NO4PS2. The van der Waals surface area contributed by atoms with E-state index in [9.17, 15) is 14.4 Å². The lowest BCUT2D eigenvalue weighted by Crippen LogP contribution is -2.19. The molecule has 27 heavy (non-hydrogen) atoms. The van der Waals surface area contributed by atoms with Crippen molar-refractivity contribution in [1.82, 2.24) is 4.90 Å². The summed E-state index contributed by atoms with van der Waals surface area (Å²) in [5.74, 6) is 1.51. The Labute approximate surface area is 169 Å². The first-order valence-electron chi connectivity index (χ1n) is 8.50. The van der Waals surface area contributed by atoms with E-state index in [2.05, 4.69) is 0 Å². The monoisotopic (exact) mass is 425 g/mol. The fraction of sp³-hybridized carbons (Fsp3) is 0.316. The minimum atomic E-state index is -4.22. The molecule has 0 unspecified atom stereocenters. The number of para-hydroxylation sites is 1. The predicted molar refractivity (Wildman–Crippen MR) is 116 cm³/mol. The number of rotatable bonds is 8. The van der Waals surface area contributed by atoms with Crippen molar-refractivity contribution in [3.63, 3.8) is 0 Å². The Morgan fingerprint density at radius 1 is 1.15 bits per heavy atom. The molecule has 0 radical (unpaired) electrons. The van der Waals surface area contributed by atoms with Gasteiger partial charge in [0.05, 0.1) is 0 Å². The molecule has 8 heteroatoms. The molecular weight excluding hydrogens is 401 g/mol. The lowest BCUT2D eigenvalue weighted by Gasteiger charge is -2.21. The topological polar surface area (TPSA) is 70.0 Å². The van der Waals surface area contributed by atoms with E-state index in [1.807, 2.05) is 54.6 Å². The molecule has 0 saturated heterocycles. The van der Waals surface area contributed by atoms with Crippen LogP contribution in [0.3, 0.4) is 0 Å². The molecule has 0 aromatic heterocycles. The molecule has 0 bridgehead atoms. The summed E-state index contributed by atoms with van der Waals surface area (Å²) in [5, 5.41) is 0. The molecule has 0 spiro atoms. The Balaban J connectivity index is 1.94. The van der Waals surface area contributed by atoms with E-state index < -0.39 is 12.6 Å². The van der Waals surface area contributed by atoms with Gasteiger partial charge in [-0.3, -0.25) is 4.57 Å². The van der Waals surface area contributed by atoms with Crippen molar-refractivity contribution < 1.29 is 19.1 Å². The highest BCUT2D eigenvalue weighted by molar-refractivity contribution is 8.25. The van der Waals surface area contributed by atoms with Crippen LogP contribution in [0.5, 0.6) is 11.5 Å². The normalized spacial score (nSPS) is 12.4. The van der Waals surface area contributed by atoms with Crippen molar-refractivity contribution in [3.8, 4) is 11.5 Å². The molecule has 0 aliphatic rings. The van der Waals surface area contributed by atoms with Crippen LogP contribution < -0.4 is 4.74 Å². The average molecular weight is 426 g/mol. The number of aryl methyl sites for hydroxylation is 1. The van der Waals surface area contributed by atoms with Crippen LogP contribution in [0.2, 0.25) is 0 Å². The van der Waals surface area contributed by atoms with Crippen LogP contribution in [-0.2, 0) is 11.0 Å². The minimum absolute atomic E-state index is 0.382. The molecule has 146 valence electrons. The maximum atomic E-state index is 11.8. The molecule has 2 aromatic rings. The van der Waals surface area contributed by atoms with Gasteiger partial charge in [-0.15, -0.1) is 0 Å². The van der Waals surface area contributed by atoms with Crippen molar-refractivity contribution in [2.45, 2.75) is 24.3 Å². The maximum Gasteiger partial charge on any atom is 0.338 e. The van der Waals surface area contributed by atoms with E-state index in [0.717, 1.165) is 28.8 Å². The highest BCUT2D eigenvalue weighted by Crippen LogP contribution is 2.50. The average Bonchev–Trinajstić information content (AvgIpc) is 2.61. The second kappa shape index (κ2) is 10.2. The third-order valence-electron chi connectivity index (χ3n) is 3.77. The van der Waals surface area contributed by atoms with Crippen LogP contribution in [0.4, 0.5) is 0 Å². The summed E-state index contributed by atoms with van der Waals surface area (Å²) in [5.41, 5.74) is 1.06. The number of benzene rings is 2. The van der Waals surface area contributed by atoms with E-state index in [4.69, 9.17) is 17.0 Å². The van der Waals surface area contributed by atoms with Crippen LogP contribution in [0, 0.1) is 0 Å². The third kappa shape index (κ3) is 7.64. The van der Waals surface area contributed by atoms with Gasteiger partial charge in [0.1, 0.15) is 20.8 Å². The van der Waals surface area contributed by atoms with Crippen LogP contribution in [-0.4, -0.2) is 38.1 Å². The predicted octanol–water partition coefficient (Wildman–Crippen LogP) is 4.89. The number of thiocarbonyl (C=S) groups is 1. The summed E-state index contributed by atoms with van der Waals surface area (Å²) < 4.78 is 18.1. The van der Waals surface area contributed by atoms with E-state index in [1.54, 1.807) is 19.0 Å². The van der Waals surface area contributed by atoms with Crippen molar-refractivity contribution in [2.75, 3.05) is 14.1 Å². The van der Waals surface area contributed by atoms with E-state index >= 15 is 0 Å². The Bertz CT molecular complexity index is 795. The molecule has 1 atom stereocenters. The van der Waals surface area contributed by atoms with E-state index in [0.29, 0.717) is 23.6 Å². The van der Waals surface area contributed by atoms with Gasteiger partial charge in [-0.1, -0.05) is 54.3 Å². The molecule has 2 aromatic carbocycles. The SMILES string of the molecule is CN(C)C(=S)S[C@@H](CCCc1cccc(Oc2ccccc2)c1)P(=O)(O)O. The van der Waals surface area contributed by atoms with E-state index in [1.165, 1.54) is 0 Å². The first-order chi connectivity index (χ1) is 12.8. The molecule has 5 nitrogen and oxygen atoms in total. The van der Waals surface area contributed by atoms with Crippen LogP contribution in [0.25, 0.3) is 0 Å². The number of ether oxygens (including phenoxy) is 1. The van der Waals surface area contributed by atoms with Gasteiger partial charge < -0.3 is 19.4 Å². The fourth-order valence-corrected chi connectivity index (χ4v) is 5.05. The van der Waals surface area contributed by atoms with Gasteiger partial charge in [-0.25, -0.2) is 0 Å². The lowest BCUT2D eigenvalue weighted by molar-refractivity contribution is 0.367. The molecule has 0 heterocycles. The summed E-state index contributed by atoms with van der Waals surface area (Å²) in [6.07, 6.45) is 1.73. The van der Waals surface area contributed by atoms with Crippen molar-refractivity contribution >= 4 is 35.9 Å². The standard InChI is InChI=1S/C19H24NO4PS2/c1-20(2)19(26)27-18(25(21,22)23)13-7-9-15-8-6-12-17(14-15)24-16-10-4-3-5-11-16/h3-6,8,10-12,14,18H,7,9,13H2,1-2H3,(H2,21,22,23)/t18-/m0/s1. The largest absolute Gasteiger partial charge is 0.457 e. The summed E-state index contributed by atoms with van der Waals surface area (Å²) in [4.78, 5) is 20.1. The van der Waals surface area contributed by atoms with Gasteiger partial charge in [0, 0.05) is 14.1 Å². The number of hydrogen-bond donors (Lipinski definition) is 2. The molecule has 0 amide bonds. The lowest BCUT2D eigenvalue weighted by atomic mass is 10.1. The molecule has 0 fully saturated rings. The Morgan fingerprint density at radius 2 is 1.81 bits per heavy atom.